The molecule has 1 aromatic rings. The molecule has 0 atom stereocenters. The molecular weight excluding hydrogens is 350 g/mol. The van der Waals surface area contributed by atoms with Gasteiger partial charge in [0.15, 0.2) is 0 Å². The van der Waals surface area contributed by atoms with Crippen molar-refractivity contribution >= 4 is 5.91 Å². The lowest BCUT2D eigenvalue weighted by atomic mass is 9.72. The molecule has 1 amide bonds. The van der Waals surface area contributed by atoms with Crippen molar-refractivity contribution in [3.63, 3.8) is 0 Å². The summed E-state index contributed by atoms with van der Waals surface area (Å²) >= 11 is 0. The topological polar surface area (TPSA) is 36.0 Å². The van der Waals surface area contributed by atoms with Crippen molar-refractivity contribution in [2.75, 3.05) is 53.9 Å². The number of likely N-dealkylation sites (tertiary alicyclic amines) is 2. The maximum atomic E-state index is 12.4. The van der Waals surface area contributed by atoms with Crippen molar-refractivity contribution in [1.29, 1.82) is 0 Å². The average Bonchev–Trinajstić information content (AvgIpc) is 2.67. The van der Waals surface area contributed by atoms with Gasteiger partial charge in [0.25, 0.3) is 0 Å². The molecule has 2 aliphatic rings. The zero-order chi connectivity index (χ0) is 20.1. The van der Waals surface area contributed by atoms with E-state index in [4.69, 9.17) is 4.74 Å². The van der Waals surface area contributed by atoms with Crippen molar-refractivity contribution < 1.29 is 9.53 Å². The van der Waals surface area contributed by atoms with Crippen molar-refractivity contribution in [2.45, 2.75) is 45.6 Å². The van der Waals surface area contributed by atoms with Gasteiger partial charge >= 0.3 is 0 Å². The number of piperidine rings is 2. The molecule has 0 aromatic heterocycles. The lowest BCUT2D eigenvalue weighted by Crippen LogP contribution is -2.51. The molecule has 2 aliphatic heterocycles. The minimum absolute atomic E-state index is 0.346. The van der Waals surface area contributed by atoms with Gasteiger partial charge in [-0.3, -0.25) is 9.69 Å². The van der Waals surface area contributed by atoms with Crippen LogP contribution in [0.5, 0.6) is 5.75 Å². The minimum atomic E-state index is 0.346. The molecule has 0 saturated carbocycles. The molecule has 1 aromatic carbocycles. The zero-order valence-corrected chi connectivity index (χ0v) is 18.2. The predicted octanol–water partition coefficient (Wildman–Crippen LogP) is 3.16. The van der Waals surface area contributed by atoms with Gasteiger partial charge in [-0.05, 0) is 88.9 Å². The maximum absolute atomic E-state index is 12.4. The molecule has 2 fully saturated rings. The van der Waals surface area contributed by atoms with Gasteiger partial charge in [0, 0.05) is 26.1 Å². The molecule has 5 heteroatoms. The molecule has 1 spiro atoms. The molecule has 3 rings (SSSR count). The van der Waals surface area contributed by atoms with E-state index < -0.39 is 0 Å². The fraction of sp³-hybridized carbons (Fsp3) is 0.696. The van der Waals surface area contributed by atoms with E-state index in [0.29, 0.717) is 11.3 Å². The number of aryl methyl sites for hydroxylation is 1. The molecule has 2 heterocycles. The highest BCUT2D eigenvalue weighted by Gasteiger charge is 2.40. The third-order valence-electron chi connectivity index (χ3n) is 6.56. The van der Waals surface area contributed by atoms with E-state index in [9.17, 15) is 4.79 Å². The molecule has 5 nitrogen and oxygen atoms in total. The summed E-state index contributed by atoms with van der Waals surface area (Å²) in [7, 11) is 5.92. The van der Waals surface area contributed by atoms with Crippen LogP contribution in [0.3, 0.4) is 0 Å². The average molecular weight is 388 g/mol. The van der Waals surface area contributed by atoms with Crippen LogP contribution in [0.2, 0.25) is 0 Å². The Hall–Kier alpha value is -1.59. The van der Waals surface area contributed by atoms with Crippen molar-refractivity contribution in [2.24, 2.45) is 5.41 Å². The molecular formula is C23H37N3O2. The molecule has 2 saturated heterocycles. The number of hydrogen-bond donors (Lipinski definition) is 0. The molecule has 0 bridgehead atoms. The fourth-order valence-electron chi connectivity index (χ4n) is 4.77. The lowest BCUT2D eigenvalue weighted by Gasteiger charge is -2.47. The number of hydrogen-bond acceptors (Lipinski definition) is 4. The van der Waals surface area contributed by atoms with Crippen LogP contribution >= 0.6 is 0 Å². The largest absolute Gasteiger partial charge is 0.496 e. The second-order valence-corrected chi connectivity index (χ2v) is 9.05. The normalized spacial score (nSPS) is 20.2. The van der Waals surface area contributed by atoms with E-state index >= 15 is 0 Å². The summed E-state index contributed by atoms with van der Waals surface area (Å²) in [5.41, 5.74) is 2.91. The van der Waals surface area contributed by atoms with Crippen LogP contribution in [0.25, 0.3) is 0 Å². The summed E-state index contributed by atoms with van der Waals surface area (Å²) in [4.78, 5) is 19.3. The number of carbonyl (C=O) groups excluding carboxylic acids is 1. The molecule has 0 unspecified atom stereocenters. The minimum Gasteiger partial charge on any atom is -0.496 e. The molecule has 0 radical (unpaired) electrons. The number of benzene rings is 1. The van der Waals surface area contributed by atoms with E-state index in [-0.39, 0.29) is 0 Å². The number of rotatable bonds is 7. The highest BCUT2D eigenvalue weighted by atomic mass is 16.5. The Morgan fingerprint density at radius 1 is 1.18 bits per heavy atom. The van der Waals surface area contributed by atoms with Crippen LogP contribution in [-0.2, 0) is 11.3 Å². The van der Waals surface area contributed by atoms with Crippen molar-refractivity contribution in [3.05, 3.63) is 29.3 Å². The first-order valence-electron chi connectivity index (χ1n) is 10.7. The Labute approximate surface area is 170 Å². The van der Waals surface area contributed by atoms with Crippen LogP contribution in [0.1, 0.15) is 43.2 Å². The van der Waals surface area contributed by atoms with E-state index in [0.717, 1.165) is 64.3 Å². The molecule has 28 heavy (non-hydrogen) atoms. The Kier molecular flexibility index (Phi) is 7.00. The van der Waals surface area contributed by atoms with Gasteiger partial charge in [-0.25, -0.2) is 0 Å². The summed E-state index contributed by atoms with van der Waals surface area (Å²) in [6.45, 7) is 8.30. The van der Waals surface area contributed by atoms with E-state index in [2.05, 4.69) is 53.9 Å². The highest BCUT2D eigenvalue weighted by molar-refractivity contribution is 5.77. The van der Waals surface area contributed by atoms with Gasteiger partial charge in [-0.2, -0.15) is 0 Å². The van der Waals surface area contributed by atoms with Crippen LogP contribution in [0.4, 0.5) is 0 Å². The van der Waals surface area contributed by atoms with Crippen molar-refractivity contribution in [1.82, 2.24) is 14.7 Å². The monoisotopic (exact) mass is 387 g/mol. The summed E-state index contributed by atoms with van der Waals surface area (Å²) in [6, 6.07) is 6.51. The van der Waals surface area contributed by atoms with Gasteiger partial charge in [0.05, 0.1) is 7.11 Å². The van der Waals surface area contributed by atoms with Crippen LogP contribution in [0.15, 0.2) is 18.2 Å². The summed E-state index contributed by atoms with van der Waals surface area (Å²) in [5.74, 6) is 1.32. The first kappa shape index (κ1) is 21.1. The van der Waals surface area contributed by atoms with Gasteiger partial charge < -0.3 is 14.5 Å². The second kappa shape index (κ2) is 9.27. The summed E-state index contributed by atoms with van der Waals surface area (Å²) < 4.78 is 5.38. The van der Waals surface area contributed by atoms with E-state index in [1.54, 1.807) is 7.11 Å². The number of methoxy groups -OCH3 is 1. The standard InChI is InChI=1S/C23H37N3O2/c1-19-16-20(6-7-21(19)28-4)17-25-14-10-23(11-15-25)9-8-22(27)26(18-23)13-5-12-24(2)3/h6-7,16H,5,8-15,17-18H2,1-4H3. The van der Waals surface area contributed by atoms with Gasteiger partial charge in [0.1, 0.15) is 5.75 Å². The van der Waals surface area contributed by atoms with Crippen molar-refractivity contribution in [3.8, 4) is 5.75 Å². The first-order chi connectivity index (χ1) is 13.4. The molecule has 0 aliphatic carbocycles. The number of amides is 1. The van der Waals surface area contributed by atoms with E-state index in [1.807, 2.05) is 0 Å². The highest BCUT2D eigenvalue weighted by Crippen LogP contribution is 2.40. The van der Waals surface area contributed by atoms with Crippen LogP contribution in [0, 0.1) is 12.3 Å². The lowest BCUT2D eigenvalue weighted by molar-refractivity contribution is -0.139. The Balaban J connectivity index is 1.52. The van der Waals surface area contributed by atoms with Gasteiger partial charge in [0.2, 0.25) is 5.91 Å². The van der Waals surface area contributed by atoms with Crippen LogP contribution < -0.4 is 4.74 Å². The van der Waals surface area contributed by atoms with Gasteiger partial charge in [-0.15, -0.1) is 0 Å². The van der Waals surface area contributed by atoms with Gasteiger partial charge in [-0.1, -0.05) is 12.1 Å². The quantitative estimate of drug-likeness (QED) is 0.720. The maximum Gasteiger partial charge on any atom is 0.222 e. The zero-order valence-electron chi connectivity index (χ0n) is 18.2. The Morgan fingerprint density at radius 2 is 1.93 bits per heavy atom. The SMILES string of the molecule is COc1ccc(CN2CCC3(CCC(=O)N(CCCN(C)C)C3)CC2)cc1C. The number of carbonyl (C=O) groups is 1. The Bertz CT molecular complexity index is 666. The predicted molar refractivity (Wildman–Crippen MR) is 114 cm³/mol. The smallest absolute Gasteiger partial charge is 0.222 e. The summed E-state index contributed by atoms with van der Waals surface area (Å²) in [5, 5.41) is 0. The summed E-state index contributed by atoms with van der Waals surface area (Å²) in [6.07, 6.45) is 5.29. The fourth-order valence-corrected chi connectivity index (χ4v) is 4.77. The number of nitrogens with zero attached hydrogens (tertiary/aromatic N) is 3. The number of ether oxygens (including phenoxy) is 1. The molecule has 0 N–H and O–H groups in total. The van der Waals surface area contributed by atoms with E-state index in [1.165, 1.54) is 24.0 Å². The third-order valence-corrected chi connectivity index (χ3v) is 6.56. The second-order valence-electron chi connectivity index (χ2n) is 9.05. The van der Waals surface area contributed by atoms with Crippen LogP contribution in [-0.4, -0.2) is 74.5 Å². The molecule has 156 valence electrons. The Morgan fingerprint density at radius 3 is 2.57 bits per heavy atom. The first-order valence-corrected chi connectivity index (χ1v) is 10.7. The third kappa shape index (κ3) is 5.26.